The van der Waals surface area contributed by atoms with Crippen LogP contribution >= 0.6 is 0 Å². The van der Waals surface area contributed by atoms with E-state index in [0.717, 1.165) is 0 Å². The van der Waals surface area contributed by atoms with Crippen LogP contribution in [-0.4, -0.2) is 17.0 Å². The molecule has 0 saturated heterocycles. The van der Waals surface area contributed by atoms with Crippen LogP contribution in [0.15, 0.2) is 24.3 Å². The number of carboxylic acid groups (broad SMARTS) is 1. The molecule has 1 aromatic carbocycles. The normalized spacial score (nSPS) is 12.1. The number of rotatable bonds is 3. The van der Waals surface area contributed by atoms with Gasteiger partial charge < -0.3 is 10.8 Å². The van der Waals surface area contributed by atoms with Gasteiger partial charge in [0.05, 0.1) is 5.92 Å². The molecule has 0 spiro atoms. The Morgan fingerprint density at radius 2 is 1.79 bits per heavy atom. The Hall–Kier alpha value is -1.84. The maximum atomic E-state index is 10.7. The van der Waals surface area contributed by atoms with Crippen LogP contribution in [-0.2, 0) is 4.79 Å². The first kappa shape index (κ1) is 10.2. The van der Waals surface area contributed by atoms with Crippen LogP contribution in [0.4, 0.5) is 0 Å². The molecule has 1 aromatic rings. The standard InChI is InChI=1S/C10H11NO3/c1-6(10(13)14)7-2-4-8(5-3-7)9(11)12/h2-6H,1H3,(H2,11,12)(H,13,14)/t6-/m0/s1. The lowest BCUT2D eigenvalue weighted by Crippen LogP contribution is -2.12. The smallest absolute Gasteiger partial charge is 0.310 e. The Morgan fingerprint density at radius 3 is 2.14 bits per heavy atom. The number of primary amides is 1. The number of amides is 1. The SMILES string of the molecule is C[C@H](C(=O)O)c1ccc(C(N)=O)cc1. The lowest BCUT2D eigenvalue weighted by Gasteiger charge is -2.06. The average molecular weight is 193 g/mol. The highest BCUT2D eigenvalue weighted by Crippen LogP contribution is 2.15. The van der Waals surface area contributed by atoms with Crippen LogP contribution in [0.3, 0.4) is 0 Å². The van der Waals surface area contributed by atoms with E-state index in [-0.39, 0.29) is 0 Å². The van der Waals surface area contributed by atoms with Gasteiger partial charge in [-0.15, -0.1) is 0 Å². The third kappa shape index (κ3) is 2.10. The van der Waals surface area contributed by atoms with Crippen molar-refractivity contribution in [3.05, 3.63) is 35.4 Å². The highest BCUT2D eigenvalue weighted by Gasteiger charge is 2.13. The zero-order valence-electron chi connectivity index (χ0n) is 7.73. The molecule has 0 heterocycles. The van der Waals surface area contributed by atoms with Gasteiger partial charge in [-0.2, -0.15) is 0 Å². The predicted molar refractivity (Wildman–Crippen MR) is 51.0 cm³/mol. The minimum absolute atomic E-state index is 0.381. The number of hydrogen-bond donors (Lipinski definition) is 2. The van der Waals surface area contributed by atoms with E-state index in [2.05, 4.69) is 0 Å². The van der Waals surface area contributed by atoms with Gasteiger partial charge in [0, 0.05) is 5.56 Å². The first-order valence-electron chi connectivity index (χ1n) is 4.15. The van der Waals surface area contributed by atoms with E-state index >= 15 is 0 Å². The topological polar surface area (TPSA) is 80.4 Å². The Labute approximate surface area is 81.3 Å². The Morgan fingerprint density at radius 1 is 1.29 bits per heavy atom. The fourth-order valence-electron chi connectivity index (χ4n) is 1.08. The molecule has 0 aliphatic heterocycles. The monoisotopic (exact) mass is 193 g/mol. The zero-order chi connectivity index (χ0) is 10.7. The summed E-state index contributed by atoms with van der Waals surface area (Å²) in [6, 6.07) is 6.24. The summed E-state index contributed by atoms with van der Waals surface area (Å²) in [6.45, 7) is 1.58. The highest BCUT2D eigenvalue weighted by molar-refractivity contribution is 5.92. The summed E-state index contributed by atoms with van der Waals surface area (Å²) in [7, 11) is 0. The molecule has 0 radical (unpaired) electrons. The molecule has 0 aromatic heterocycles. The zero-order valence-corrected chi connectivity index (χ0v) is 7.73. The van der Waals surface area contributed by atoms with Crippen molar-refractivity contribution in [3.8, 4) is 0 Å². The predicted octanol–water partition coefficient (Wildman–Crippen LogP) is 0.974. The molecule has 4 heteroatoms. The van der Waals surface area contributed by atoms with Crippen molar-refractivity contribution in [2.45, 2.75) is 12.8 Å². The third-order valence-corrected chi connectivity index (χ3v) is 2.07. The van der Waals surface area contributed by atoms with Gasteiger partial charge >= 0.3 is 5.97 Å². The highest BCUT2D eigenvalue weighted by atomic mass is 16.4. The molecule has 74 valence electrons. The molecule has 0 fully saturated rings. The molecule has 1 atom stereocenters. The summed E-state index contributed by atoms with van der Waals surface area (Å²) in [4.78, 5) is 21.3. The van der Waals surface area contributed by atoms with Crippen molar-refractivity contribution in [3.63, 3.8) is 0 Å². The third-order valence-electron chi connectivity index (χ3n) is 2.07. The molecule has 1 rings (SSSR count). The van der Waals surface area contributed by atoms with Gasteiger partial charge in [-0.3, -0.25) is 9.59 Å². The van der Waals surface area contributed by atoms with Gasteiger partial charge in [0.15, 0.2) is 0 Å². The first-order valence-corrected chi connectivity index (χ1v) is 4.15. The van der Waals surface area contributed by atoms with Crippen LogP contribution in [0.1, 0.15) is 28.8 Å². The second-order valence-corrected chi connectivity index (χ2v) is 3.05. The lowest BCUT2D eigenvalue weighted by atomic mass is 10.00. The number of nitrogens with two attached hydrogens (primary N) is 1. The van der Waals surface area contributed by atoms with Crippen LogP contribution in [0.2, 0.25) is 0 Å². The second kappa shape index (κ2) is 3.91. The molecular formula is C10H11NO3. The summed E-state index contributed by atoms with van der Waals surface area (Å²) >= 11 is 0. The number of aliphatic carboxylic acids is 1. The summed E-state index contributed by atoms with van der Waals surface area (Å²) < 4.78 is 0. The summed E-state index contributed by atoms with van der Waals surface area (Å²) in [5.74, 6) is -1.98. The molecule has 1 amide bonds. The van der Waals surface area contributed by atoms with Crippen LogP contribution < -0.4 is 5.73 Å². The van der Waals surface area contributed by atoms with Gasteiger partial charge in [0.1, 0.15) is 0 Å². The minimum atomic E-state index is -0.892. The summed E-state index contributed by atoms with van der Waals surface area (Å²) in [5.41, 5.74) is 6.08. The van der Waals surface area contributed by atoms with Gasteiger partial charge in [-0.05, 0) is 24.6 Å². The number of hydrogen-bond acceptors (Lipinski definition) is 2. The molecule has 4 nitrogen and oxygen atoms in total. The number of carboxylic acids is 1. The van der Waals surface area contributed by atoms with Crippen LogP contribution in [0.25, 0.3) is 0 Å². The van der Waals surface area contributed by atoms with E-state index in [1.807, 2.05) is 0 Å². The quantitative estimate of drug-likeness (QED) is 0.750. The van der Waals surface area contributed by atoms with E-state index in [9.17, 15) is 9.59 Å². The molecule has 14 heavy (non-hydrogen) atoms. The molecular weight excluding hydrogens is 182 g/mol. The molecule has 0 saturated carbocycles. The van der Waals surface area contributed by atoms with Crippen molar-refractivity contribution < 1.29 is 14.7 Å². The van der Waals surface area contributed by atoms with E-state index in [1.54, 1.807) is 19.1 Å². The molecule has 0 aliphatic carbocycles. The van der Waals surface area contributed by atoms with Crippen molar-refractivity contribution >= 4 is 11.9 Å². The number of carbonyl (C=O) groups is 2. The van der Waals surface area contributed by atoms with Crippen LogP contribution in [0, 0.1) is 0 Å². The Kier molecular flexibility index (Phi) is 2.86. The fourth-order valence-corrected chi connectivity index (χ4v) is 1.08. The van der Waals surface area contributed by atoms with Crippen molar-refractivity contribution in [2.75, 3.05) is 0 Å². The summed E-state index contributed by atoms with van der Waals surface area (Å²) in [6.07, 6.45) is 0. The fraction of sp³-hybridized carbons (Fsp3) is 0.200. The van der Waals surface area contributed by atoms with Crippen molar-refractivity contribution in [1.29, 1.82) is 0 Å². The lowest BCUT2D eigenvalue weighted by molar-refractivity contribution is -0.138. The minimum Gasteiger partial charge on any atom is -0.481 e. The average Bonchev–Trinajstić information content (AvgIpc) is 2.16. The van der Waals surface area contributed by atoms with Crippen molar-refractivity contribution in [1.82, 2.24) is 0 Å². The van der Waals surface area contributed by atoms with Gasteiger partial charge in [-0.25, -0.2) is 0 Å². The second-order valence-electron chi connectivity index (χ2n) is 3.05. The largest absolute Gasteiger partial charge is 0.481 e. The number of benzene rings is 1. The summed E-state index contributed by atoms with van der Waals surface area (Å²) in [5, 5.41) is 8.72. The van der Waals surface area contributed by atoms with E-state index in [1.165, 1.54) is 12.1 Å². The molecule has 0 bridgehead atoms. The van der Waals surface area contributed by atoms with Crippen LogP contribution in [0.5, 0.6) is 0 Å². The molecule has 0 aliphatic rings. The van der Waals surface area contributed by atoms with E-state index in [4.69, 9.17) is 10.8 Å². The van der Waals surface area contributed by atoms with E-state index < -0.39 is 17.8 Å². The van der Waals surface area contributed by atoms with Gasteiger partial charge in [-0.1, -0.05) is 12.1 Å². The maximum Gasteiger partial charge on any atom is 0.310 e. The van der Waals surface area contributed by atoms with Gasteiger partial charge in [0.2, 0.25) is 5.91 Å². The van der Waals surface area contributed by atoms with E-state index in [0.29, 0.717) is 11.1 Å². The Balaban J connectivity index is 2.94. The van der Waals surface area contributed by atoms with Crippen molar-refractivity contribution in [2.24, 2.45) is 5.73 Å². The Bertz CT molecular complexity index is 356. The molecule has 3 N–H and O–H groups in total. The van der Waals surface area contributed by atoms with Gasteiger partial charge in [0.25, 0.3) is 0 Å². The first-order chi connectivity index (χ1) is 6.52. The maximum absolute atomic E-state index is 10.7. The number of carbonyl (C=O) groups excluding carboxylic acids is 1. The molecule has 0 unspecified atom stereocenters.